The number of nitrogens with zero attached hydrogens (tertiary/aromatic N) is 2. The molecule has 2 aliphatic rings. The summed E-state index contributed by atoms with van der Waals surface area (Å²) in [6.07, 6.45) is 5.50. The Morgan fingerprint density at radius 2 is 2.13 bits per heavy atom. The van der Waals surface area contributed by atoms with Crippen molar-refractivity contribution in [2.45, 2.75) is 58.5 Å². The second kappa shape index (κ2) is 8.66. The Morgan fingerprint density at radius 3 is 2.84 bits per heavy atom. The van der Waals surface area contributed by atoms with E-state index in [1.54, 1.807) is 0 Å². The topological polar surface area (TPSA) is 111 Å². The number of phenolic OH excluding ortho intramolecular Hbond substituents is 1. The largest absolute Gasteiger partial charge is 0.507 e. The number of benzene rings is 1. The van der Waals surface area contributed by atoms with Gasteiger partial charge in [0.25, 0.3) is 0 Å². The predicted molar refractivity (Wildman–Crippen MR) is 116 cm³/mol. The molecule has 1 saturated carbocycles. The Labute approximate surface area is 184 Å². The molecule has 1 aromatic heterocycles. The molecule has 4 rings (SSSR count). The second-order valence-corrected chi connectivity index (χ2v) is 8.95. The number of allylic oxidation sites excluding steroid dienone is 2. The van der Waals surface area contributed by atoms with Crippen molar-refractivity contribution in [2.75, 3.05) is 12.4 Å². The summed E-state index contributed by atoms with van der Waals surface area (Å²) < 4.78 is 10.6. The normalized spacial score (nSPS) is 15.6. The van der Waals surface area contributed by atoms with Gasteiger partial charge < -0.3 is 19.9 Å². The van der Waals surface area contributed by atoms with Gasteiger partial charge in [-0.15, -0.1) is 10.2 Å². The SMILES string of the molecule is COc1c(C)c2c(c(O)c1CC=C(C)CCC(=O)Nc1nnc(C3CC3)s1)C(=O)OC2. The van der Waals surface area contributed by atoms with Gasteiger partial charge in [-0.05, 0) is 45.1 Å². The van der Waals surface area contributed by atoms with Gasteiger partial charge in [0.15, 0.2) is 0 Å². The summed E-state index contributed by atoms with van der Waals surface area (Å²) >= 11 is 1.44. The Hall–Kier alpha value is -2.94. The summed E-state index contributed by atoms with van der Waals surface area (Å²) in [6, 6.07) is 0. The Balaban J connectivity index is 1.39. The monoisotopic (exact) mass is 443 g/mol. The highest BCUT2D eigenvalue weighted by Gasteiger charge is 2.32. The molecule has 1 amide bonds. The van der Waals surface area contributed by atoms with Crippen LogP contribution in [0.5, 0.6) is 11.5 Å². The number of phenols is 1. The number of aromatic hydroxyl groups is 1. The molecule has 0 spiro atoms. The number of cyclic esters (lactones) is 1. The number of fused-ring (bicyclic) bond motifs is 1. The van der Waals surface area contributed by atoms with Gasteiger partial charge in [-0.3, -0.25) is 4.79 Å². The highest BCUT2D eigenvalue weighted by atomic mass is 32.1. The lowest BCUT2D eigenvalue weighted by atomic mass is 9.94. The molecule has 31 heavy (non-hydrogen) atoms. The number of amides is 1. The molecular formula is C22H25N3O5S. The summed E-state index contributed by atoms with van der Waals surface area (Å²) in [4.78, 5) is 24.2. The van der Waals surface area contributed by atoms with Crippen LogP contribution in [0.2, 0.25) is 0 Å². The summed E-state index contributed by atoms with van der Waals surface area (Å²) in [5.74, 6) is 0.358. The number of esters is 1. The van der Waals surface area contributed by atoms with Crippen LogP contribution in [-0.4, -0.2) is 34.3 Å². The molecule has 0 radical (unpaired) electrons. The minimum Gasteiger partial charge on any atom is -0.507 e. The Bertz CT molecular complexity index is 1070. The molecule has 0 saturated heterocycles. The fourth-order valence-electron chi connectivity index (χ4n) is 3.68. The molecule has 2 aromatic rings. The van der Waals surface area contributed by atoms with Gasteiger partial charge in [0.05, 0.1) is 7.11 Å². The van der Waals surface area contributed by atoms with E-state index in [9.17, 15) is 14.7 Å². The van der Waals surface area contributed by atoms with Gasteiger partial charge in [-0.2, -0.15) is 0 Å². The first-order valence-corrected chi connectivity index (χ1v) is 11.1. The quantitative estimate of drug-likeness (QED) is 0.468. The number of rotatable bonds is 8. The van der Waals surface area contributed by atoms with Crippen LogP contribution in [0.4, 0.5) is 5.13 Å². The number of ether oxygens (including phenoxy) is 2. The zero-order chi connectivity index (χ0) is 22.1. The molecule has 164 valence electrons. The molecule has 9 heteroatoms. The van der Waals surface area contributed by atoms with Crippen LogP contribution in [-0.2, 0) is 22.6 Å². The standard InChI is InChI=1S/C22H25N3O5S/c1-11(5-9-16(26)23-22-25-24-20(31-22)13-6-7-13)4-8-14-18(27)17-15(10-30-21(17)28)12(2)19(14)29-3/h4,13,27H,5-10H2,1-3H3,(H,23,25,26). The number of hydrogen-bond donors (Lipinski definition) is 2. The molecule has 0 unspecified atom stereocenters. The molecule has 0 bridgehead atoms. The van der Waals surface area contributed by atoms with Gasteiger partial charge in [-0.1, -0.05) is 23.0 Å². The van der Waals surface area contributed by atoms with E-state index in [-0.39, 0.29) is 23.8 Å². The van der Waals surface area contributed by atoms with Crippen molar-refractivity contribution in [1.82, 2.24) is 10.2 Å². The van der Waals surface area contributed by atoms with Crippen LogP contribution >= 0.6 is 11.3 Å². The van der Waals surface area contributed by atoms with Gasteiger partial charge in [0.1, 0.15) is 28.7 Å². The van der Waals surface area contributed by atoms with Crippen molar-refractivity contribution in [3.05, 3.63) is 38.9 Å². The van der Waals surface area contributed by atoms with Crippen LogP contribution in [0.3, 0.4) is 0 Å². The zero-order valence-electron chi connectivity index (χ0n) is 17.8. The van der Waals surface area contributed by atoms with Crippen molar-refractivity contribution >= 4 is 28.3 Å². The van der Waals surface area contributed by atoms with Gasteiger partial charge in [-0.25, -0.2) is 4.79 Å². The van der Waals surface area contributed by atoms with Crippen LogP contribution in [0.25, 0.3) is 0 Å². The third-order valence-corrected chi connectivity index (χ3v) is 6.66. The van der Waals surface area contributed by atoms with Crippen LogP contribution in [0.1, 0.15) is 70.6 Å². The molecule has 0 atom stereocenters. The van der Waals surface area contributed by atoms with Gasteiger partial charge in [0.2, 0.25) is 11.0 Å². The maximum atomic E-state index is 12.2. The average molecular weight is 444 g/mol. The van der Waals surface area contributed by atoms with E-state index in [4.69, 9.17) is 9.47 Å². The number of methoxy groups -OCH3 is 1. The maximum absolute atomic E-state index is 12.2. The summed E-state index contributed by atoms with van der Waals surface area (Å²) in [5, 5.41) is 23.2. The Morgan fingerprint density at radius 1 is 1.35 bits per heavy atom. The minimum atomic E-state index is -0.515. The minimum absolute atomic E-state index is 0.0931. The molecule has 1 fully saturated rings. The van der Waals surface area contributed by atoms with Crippen molar-refractivity contribution in [3.63, 3.8) is 0 Å². The molecule has 1 aliphatic carbocycles. The first-order valence-electron chi connectivity index (χ1n) is 10.3. The number of hydrogen-bond acceptors (Lipinski definition) is 8. The molecular weight excluding hydrogens is 418 g/mol. The van der Waals surface area contributed by atoms with E-state index in [0.717, 1.165) is 29.0 Å². The molecule has 8 nitrogen and oxygen atoms in total. The number of nitrogens with one attached hydrogen (secondary N) is 1. The lowest BCUT2D eigenvalue weighted by Crippen LogP contribution is -2.11. The summed E-state index contributed by atoms with van der Waals surface area (Å²) in [6.45, 7) is 3.93. The van der Waals surface area contributed by atoms with E-state index >= 15 is 0 Å². The number of anilines is 1. The highest BCUT2D eigenvalue weighted by molar-refractivity contribution is 7.15. The maximum Gasteiger partial charge on any atom is 0.342 e. The van der Waals surface area contributed by atoms with E-state index < -0.39 is 5.97 Å². The van der Waals surface area contributed by atoms with Crippen molar-refractivity contribution in [1.29, 1.82) is 0 Å². The van der Waals surface area contributed by atoms with Crippen LogP contribution in [0.15, 0.2) is 11.6 Å². The van der Waals surface area contributed by atoms with Crippen molar-refractivity contribution in [2.24, 2.45) is 0 Å². The number of carbonyl (C=O) groups is 2. The first kappa shape index (κ1) is 21.3. The molecule has 2 heterocycles. The lowest BCUT2D eigenvalue weighted by Gasteiger charge is -2.15. The van der Waals surface area contributed by atoms with Crippen molar-refractivity contribution in [3.8, 4) is 11.5 Å². The molecule has 1 aromatic carbocycles. The summed E-state index contributed by atoms with van der Waals surface area (Å²) in [5.41, 5.74) is 3.23. The zero-order valence-corrected chi connectivity index (χ0v) is 18.6. The first-order chi connectivity index (χ1) is 14.9. The number of aromatic nitrogens is 2. The van der Waals surface area contributed by atoms with Crippen molar-refractivity contribution < 1.29 is 24.2 Å². The van der Waals surface area contributed by atoms with Crippen LogP contribution in [0, 0.1) is 6.92 Å². The van der Waals surface area contributed by atoms with E-state index in [2.05, 4.69) is 15.5 Å². The second-order valence-electron chi connectivity index (χ2n) is 7.94. The number of carbonyl (C=O) groups excluding carboxylic acids is 2. The fraction of sp³-hybridized carbons (Fsp3) is 0.455. The van der Waals surface area contributed by atoms with Gasteiger partial charge >= 0.3 is 5.97 Å². The summed E-state index contributed by atoms with van der Waals surface area (Å²) in [7, 11) is 1.54. The van der Waals surface area contributed by atoms with Gasteiger partial charge in [0, 0.05) is 23.5 Å². The molecule has 2 N–H and O–H groups in total. The van der Waals surface area contributed by atoms with Crippen LogP contribution < -0.4 is 10.1 Å². The highest BCUT2D eigenvalue weighted by Crippen LogP contribution is 2.43. The smallest absolute Gasteiger partial charge is 0.342 e. The van der Waals surface area contributed by atoms with E-state index in [1.807, 2.05) is 19.9 Å². The molecule has 1 aliphatic heterocycles. The fourth-order valence-corrected chi connectivity index (χ4v) is 4.61. The van der Waals surface area contributed by atoms with E-state index in [1.165, 1.54) is 18.4 Å². The average Bonchev–Trinajstić information content (AvgIpc) is 3.37. The van der Waals surface area contributed by atoms with E-state index in [0.29, 0.717) is 47.2 Å². The third kappa shape index (κ3) is 4.41. The Kier molecular flexibility index (Phi) is 5.95. The predicted octanol–water partition coefficient (Wildman–Crippen LogP) is 4.02. The lowest BCUT2D eigenvalue weighted by molar-refractivity contribution is -0.116. The third-order valence-electron chi connectivity index (χ3n) is 5.66.